The Kier molecular flexibility index (Phi) is 11.6. The van der Waals surface area contributed by atoms with Crippen molar-refractivity contribution < 1.29 is 29.3 Å². The second-order valence-electron chi connectivity index (χ2n) is 10.4. The minimum absolute atomic E-state index is 0.183. The van der Waals surface area contributed by atoms with Crippen molar-refractivity contribution in [3.05, 3.63) is 114 Å². The van der Waals surface area contributed by atoms with Gasteiger partial charge >= 0.3 is 11.9 Å². The summed E-state index contributed by atoms with van der Waals surface area (Å²) in [6.45, 7) is 0.562. The molecule has 0 saturated heterocycles. The Labute approximate surface area is 275 Å². The Morgan fingerprint density at radius 2 is 1.50 bits per heavy atom. The van der Waals surface area contributed by atoms with Crippen LogP contribution in [0.2, 0.25) is 0 Å². The third kappa shape index (κ3) is 10.1. The number of aromatic nitrogens is 2. The molecule has 0 atom stereocenters. The van der Waals surface area contributed by atoms with Crippen LogP contribution in [-0.4, -0.2) is 38.1 Å². The molecule has 3 N–H and O–H groups in total. The van der Waals surface area contributed by atoms with Gasteiger partial charge in [-0.3, -0.25) is 4.79 Å². The lowest BCUT2D eigenvalue weighted by atomic mass is 10.1. The molecule has 9 nitrogen and oxygen atoms in total. The molecule has 0 aliphatic carbocycles. The number of thioether (sulfide) groups is 1. The molecule has 11 heteroatoms. The van der Waals surface area contributed by atoms with Crippen LogP contribution in [0.15, 0.2) is 102 Å². The van der Waals surface area contributed by atoms with Crippen LogP contribution in [0.3, 0.4) is 0 Å². The summed E-state index contributed by atoms with van der Waals surface area (Å²) in [6, 6.07) is 30.2. The van der Waals surface area contributed by atoms with Gasteiger partial charge in [-0.2, -0.15) is 0 Å². The second-order valence-corrected chi connectivity index (χ2v) is 12.5. The summed E-state index contributed by atoms with van der Waals surface area (Å²) in [7, 11) is 0. The number of aliphatic carboxylic acids is 1. The maximum atomic E-state index is 11.4. The SMILES string of the molecule is O=C(O)CCCCCSc1cccc(Nc2nnc(-c3cc(OCc4ccccc4)cc(OCc4cccc(C(=O)O)c4)c3)s2)c1. The van der Waals surface area contributed by atoms with Crippen LogP contribution in [0.1, 0.15) is 47.2 Å². The van der Waals surface area contributed by atoms with Crippen LogP contribution in [0.5, 0.6) is 11.5 Å². The largest absolute Gasteiger partial charge is 0.489 e. The van der Waals surface area contributed by atoms with E-state index < -0.39 is 11.9 Å². The standard InChI is InChI=1S/C35H33N3O6S2/c39-32(40)15-5-2-6-16-45-31-14-8-13-28(20-31)36-35-38-37-33(46-35)27-18-29(43-22-24-9-3-1-4-10-24)21-30(19-27)44-23-25-11-7-12-26(17-25)34(41)42/h1,3-4,7-14,17-21H,2,5-6,15-16,22-23H2,(H,36,38)(H,39,40)(H,41,42). The molecule has 0 unspecified atom stereocenters. The maximum Gasteiger partial charge on any atom is 0.335 e. The molecule has 0 fully saturated rings. The zero-order chi connectivity index (χ0) is 32.1. The van der Waals surface area contributed by atoms with Gasteiger partial charge in [0.15, 0.2) is 0 Å². The number of carboxylic acid groups (broad SMARTS) is 2. The fourth-order valence-electron chi connectivity index (χ4n) is 4.49. The average Bonchev–Trinajstić information content (AvgIpc) is 3.53. The van der Waals surface area contributed by atoms with E-state index >= 15 is 0 Å². The van der Waals surface area contributed by atoms with Gasteiger partial charge in [0.25, 0.3) is 0 Å². The number of anilines is 2. The highest BCUT2D eigenvalue weighted by Crippen LogP contribution is 2.35. The summed E-state index contributed by atoms with van der Waals surface area (Å²) in [5, 5.41) is 31.6. The minimum atomic E-state index is -0.989. The predicted octanol–water partition coefficient (Wildman–Crippen LogP) is 8.54. The lowest BCUT2D eigenvalue weighted by Gasteiger charge is -2.12. The number of unbranched alkanes of at least 4 members (excludes halogenated alkanes) is 2. The molecule has 0 spiro atoms. The number of benzene rings is 4. The number of nitrogens with one attached hydrogen (secondary N) is 1. The van der Waals surface area contributed by atoms with E-state index in [0.29, 0.717) is 34.7 Å². The van der Waals surface area contributed by atoms with E-state index in [1.165, 1.54) is 11.3 Å². The van der Waals surface area contributed by atoms with Gasteiger partial charge in [0.2, 0.25) is 5.13 Å². The Morgan fingerprint density at radius 1 is 0.761 bits per heavy atom. The highest BCUT2D eigenvalue weighted by atomic mass is 32.2. The van der Waals surface area contributed by atoms with Crippen LogP contribution >= 0.6 is 23.1 Å². The molecule has 236 valence electrons. The van der Waals surface area contributed by atoms with Crippen molar-refractivity contribution in [2.24, 2.45) is 0 Å². The monoisotopic (exact) mass is 655 g/mol. The van der Waals surface area contributed by atoms with Gasteiger partial charge in [0.1, 0.15) is 29.7 Å². The van der Waals surface area contributed by atoms with Crippen molar-refractivity contribution in [3.63, 3.8) is 0 Å². The molecular weight excluding hydrogens is 623 g/mol. The van der Waals surface area contributed by atoms with Crippen LogP contribution in [0, 0.1) is 0 Å². The zero-order valence-electron chi connectivity index (χ0n) is 24.9. The fraction of sp³-hybridized carbons (Fsp3) is 0.200. The molecule has 5 aromatic rings. The highest BCUT2D eigenvalue weighted by Gasteiger charge is 2.13. The summed E-state index contributed by atoms with van der Waals surface area (Å²) in [5.74, 6) is 0.345. The van der Waals surface area contributed by atoms with E-state index in [1.807, 2.05) is 66.7 Å². The Hall–Kier alpha value is -4.87. The normalized spacial score (nSPS) is 10.8. The van der Waals surface area contributed by atoms with Crippen molar-refractivity contribution in [1.29, 1.82) is 0 Å². The zero-order valence-corrected chi connectivity index (χ0v) is 26.6. The number of aromatic carboxylic acids is 1. The smallest absolute Gasteiger partial charge is 0.335 e. The molecule has 1 heterocycles. The van der Waals surface area contributed by atoms with Crippen molar-refractivity contribution in [3.8, 4) is 22.1 Å². The van der Waals surface area contributed by atoms with Gasteiger partial charge < -0.3 is 25.0 Å². The van der Waals surface area contributed by atoms with Gasteiger partial charge in [0.05, 0.1) is 5.56 Å². The summed E-state index contributed by atoms with van der Waals surface area (Å²) in [5.41, 5.74) is 3.64. The molecule has 0 amide bonds. The Morgan fingerprint density at radius 3 is 2.26 bits per heavy atom. The molecule has 46 heavy (non-hydrogen) atoms. The van der Waals surface area contributed by atoms with E-state index in [-0.39, 0.29) is 18.6 Å². The van der Waals surface area contributed by atoms with Crippen molar-refractivity contribution >= 4 is 45.9 Å². The molecule has 5 rings (SSSR count). The number of rotatable bonds is 17. The summed E-state index contributed by atoms with van der Waals surface area (Å²) in [6.07, 6.45) is 2.78. The lowest BCUT2D eigenvalue weighted by molar-refractivity contribution is -0.137. The highest BCUT2D eigenvalue weighted by molar-refractivity contribution is 7.99. The van der Waals surface area contributed by atoms with E-state index in [4.69, 9.17) is 14.6 Å². The van der Waals surface area contributed by atoms with Crippen molar-refractivity contribution in [1.82, 2.24) is 10.2 Å². The molecule has 1 aromatic heterocycles. The van der Waals surface area contributed by atoms with Crippen LogP contribution < -0.4 is 14.8 Å². The number of hydrogen-bond acceptors (Lipinski definition) is 9. The lowest BCUT2D eigenvalue weighted by Crippen LogP contribution is -2.01. The van der Waals surface area contributed by atoms with Gasteiger partial charge in [-0.25, -0.2) is 4.79 Å². The first-order valence-electron chi connectivity index (χ1n) is 14.7. The Bertz CT molecular complexity index is 1760. The van der Waals surface area contributed by atoms with E-state index in [2.05, 4.69) is 27.6 Å². The first kappa shape index (κ1) is 32.5. The van der Waals surface area contributed by atoms with Crippen LogP contribution in [0.4, 0.5) is 10.8 Å². The second kappa shape index (κ2) is 16.4. The first-order valence-corrected chi connectivity index (χ1v) is 16.5. The number of carboxylic acids is 2. The van der Waals surface area contributed by atoms with Gasteiger partial charge in [-0.05, 0) is 72.2 Å². The third-order valence-electron chi connectivity index (χ3n) is 6.77. The van der Waals surface area contributed by atoms with E-state index in [0.717, 1.165) is 45.9 Å². The van der Waals surface area contributed by atoms with Gasteiger partial charge in [0, 0.05) is 28.6 Å². The fourth-order valence-corrected chi connectivity index (χ4v) is 6.21. The molecule has 0 saturated carbocycles. The van der Waals surface area contributed by atoms with E-state index in [9.17, 15) is 14.7 Å². The van der Waals surface area contributed by atoms with Crippen LogP contribution in [0.25, 0.3) is 10.6 Å². The first-order chi connectivity index (χ1) is 22.4. The molecular formula is C35H33N3O6S2. The van der Waals surface area contributed by atoms with E-state index in [1.54, 1.807) is 30.0 Å². The minimum Gasteiger partial charge on any atom is -0.489 e. The molecule has 4 aromatic carbocycles. The number of hydrogen-bond donors (Lipinski definition) is 3. The maximum absolute atomic E-state index is 11.4. The molecule has 0 radical (unpaired) electrons. The topological polar surface area (TPSA) is 131 Å². The van der Waals surface area contributed by atoms with Crippen molar-refractivity contribution in [2.45, 2.75) is 43.8 Å². The summed E-state index contributed by atoms with van der Waals surface area (Å²) >= 11 is 3.14. The summed E-state index contributed by atoms with van der Waals surface area (Å²) in [4.78, 5) is 23.2. The van der Waals surface area contributed by atoms with Crippen LogP contribution in [-0.2, 0) is 18.0 Å². The summed E-state index contributed by atoms with van der Waals surface area (Å²) < 4.78 is 12.2. The van der Waals surface area contributed by atoms with Crippen molar-refractivity contribution in [2.75, 3.05) is 11.1 Å². The number of ether oxygens (including phenoxy) is 2. The number of nitrogens with zero attached hydrogens (tertiary/aromatic N) is 2. The third-order valence-corrected chi connectivity index (χ3v) is 8.74. The Balaban J connectivity index is 1.27. The quantitative estimate of drug-likeness (QED) is 0.0661. The molecule has 0 bridgehead atoms. The molecule has 0 aliphatic rings. The number of carbonyl (C=O) groups is 2. The average molecular weight is 656 g/mol. The van der Waals surface area contributed by atoms with Gasteiger partial charge in [-0.15, -0.1) is 22.0 Å². The molecule has 0 aliphatic heterocycles. The van der Waals surface area contributed by atoms with Gasteiger partial charge in [-0.1, -0.05) is 66.3 Å². The predicted molar refractivity (Wildman–Crippen MR) is 180 cm³/mol.